The molecule has 1 aromatic rings. The van der Waals surface area contributed by atoms with Crippen molar-refractivity contribution in [1.29, 1.82) is 0 Å². The molecule has 0 bridgehead atoms. The van der Waals surface area contributed by atoms with Crippen molar-refractivity contribution in [1.82, 2.24) is 5.32 Å². The van der Waals surface area contributed by atoms with Gasteiger partial charge in [0.05, 0.1) is 14.2 Å². The summed E-state index contributed by atoms with van der Waals surface area (Å²) in [6, 6.07) is 7.09. The van der Waals surface area contributed by atoms with Crippen LogP contribution in [0.3, 0.4) is 0 Å². The fourth-order valence-electron chi connectivity index (χ4n) is 3.33. The lowest BCUT2D eigenvalue weighted by Gasteiger charge is -2.20. The van der Waals surface area contributed by atoms with Crippen LogP contribution < -0.4 is 14.8 Å². The van der Waals surface area contributed by atoms with Gasteiger partial charge >= 0.3 is 0 Å². The fourth-order valence-corrected chi connectivity index (χ4v) is 3.33. The Morgan fingerprint density at radius 3 is 2.05 bits per heavy atom. The second-order valence-corrected chi connectivity index (χ2v) is 7.12. The van der Waals surface area contributed by atoms with Crippen molar-refractivity contribution >= 4 is 0 Å². The van der Waals surface area contributed by atoms with Crippen LogP contribution in [0.4, 0.5) is 0 Å². The lowest BCUT2D eigenvalue weighted by molar-refractivity contribution is 0.353. The molecule has 1 unspecified atom stereocenters. The third kappa shape index (κ3) is 2.64. The van der Waals surface area contributed by atoms with Gasteiger partial charge in [0, 0.05) is 12.1 Å². The van der Waals surface area contributed by atoms with Crippen LogP contribution in [0.1, 0.15) is 52.6 Å². The number of ether oxygens (including phenoxy) is 2. The van der Waals surface area contributed by atoms with Crippen molar-refractivity contribution in [2.45, 2.75) is 53.1 Å². The number of hydrogen-bond acceptors (Lipinski definition) is 3. The molecule has 2 rings (SSSR count). The maximum absolute atomic E-state index is 5.42. The van der Waals surface area contributed by atoms with Gasteiger partial charge in [-0.05, 0) is 34.9 Å². The molecule has 1 aliphatic carbocycles. The van der Waals surface area contributed by atoms with E-state index in [4.69, 9.17) is 9.47 Å². The van der Waals surface area contributed by atoms with Gasteiger partial charge in [0.25, 0.3) is 0 Å². The quantitative estimate of drug-likeness (QED) is 0.853. The van der Waals surface area contributed by atoms with E-state index < -0.39 is 0 Å². The van der Waals surface area contributed by atoms with E-state index in [0.29, 0.717) is 22.9 Å². The first-order valence-corrected chi connectivity index (χ1v) is 7.77. The molecular formula is C18H29NO2. The molecule has 1 N–H and O–H groups in total. The van der Waals surface area contributed by atoms with E-state index in [1.807, 2.05) is 6.07 Å². The smallest absolute Gasteiger partial charge is 0.161 e. The first-order valence-electron chi connectivity index (χ1n) is 7.77. The molecule has 1 saturated carbocycles. The van der Waals surface area contributed by atoms with E-state index in [2.05, 4.69) is 52.1 Å². The first-order chi connectivity index (χ1) is 9.79. The Balaban J connectivity index is 2.19. The van der Waals surface area contributed by atoms with Crippen molar-refractivity contribution < 1.29 is 9.47 Å². The molecular weight excluding hydrogens is 262 g/mol. The number of rotatable bonds is 6. The minimum atomic E-state index is 0.343. The molecule has 0 spiro atoms. The number of benzene rings is 1. The predicted molar refractivity (Wildman–Crippen MR) is 87.1 cm³/mol. The zero-order valence-electron chi connectivity index (χ0n) is 14.4. The second kappa shape index (κ2) is 5.53. The van der Waals surface area contributed by atoms with Gasteiger partial charge in [0.15, 0.2) is 11.5 Å². The van der Waals surface area contributed by atoms with E-state index >= 15 is 0 Å². The zero-order chi connectivity index (χ0) is 15.8. The molecule has 1 atom stereocenters. The standard InChI is InChI=1S/C18H29NO2/c1-8-13(19-16-17(2,3)18(16,4)5)12-9-10-14(20-6)15(11-12)21-7/h9-11,13,16,19H,8H2,1-7H3. The number of nitrogens with one attached hydrogen (secondary N) is 1. The Kier molecular flexibility index (Phi) is 4.25. The maximum Gasteiger partial charge on any atom is 0.161 e. The summed E-state index contributed by atoms with van der Waals surface area (Å²) in [6.45, 7) is 11.6. The summed E-state index contributed by atoms with van der Waals surface area (Å²) >= 11 is 0. The van der Waals surface area contributed by atoms with E-state index in [1.165, 1.54) is 5.56 Å². The lowest BCUT2D eigenvalue weighted by Crippen LogP contribution is -2.27. The summed E-state index contributed by atoms with van der Waals surface area (Å²) in [4.78, 5) is 0. The van der Waals surface area contributed by atoms with Crippen molar-refractivity contribution in [3.05, 3.63) is 23.8 Å². The van der Waals surface area contributed by atoms with Gasteiger partial charge < -0.3 is 14.8 Å². The highest BCUT2D eigenvalue weighted by molar-refractivity contribution is 5.44. The number of hydrogen-bond donors (Lipinski definition) is 1. The second-order valence-electron chi connectivity index (χ2n) is 7.12. The minimum absolute atomic E-state index is 0.343. The summed E-state index contributed by atoms with van der Waals surface area (Å²) < 4.78 is 10.7. The van der Waals surface area contributed by atoms with Crippen LogP contribution in [-0.4, -0.2) is 20.3 Å². The van der Waals surface area contributed by atoms with Gasteiger partial charge in [-0.2, -0.15) is 0 Å². The van der Waals surface area contributed by atoms with Crippen molar-refractivity contribution in [2.24, 2.45) is 10.8 Å². The van der Waals surface area contributed by atoms with Crippen LogP contribution >= 0.6 is 0 Å². The van der Waals surface area contributed by atoms with Gasteiger partial charge in [-0.3, -0.25) is 0 Å². The Hall–Kier alpha value is -1.22. The van der Waals surface area contributed by atoms with Crippen LogP contribution in [-0.2, 0) is 0 Å². The van der Waals surface area contributed by atoms with Gasteiger partial charge in [-0.1, -0.05) is 40.7 Å². The molecule has 1 fully saturated rings. The lowest BCUT2D eigenvalue weighted by atomic mass is 10.0. The largest absolute Gasteiger partial charge is 0.493 e. The first kappa shape index (κ1) is 16.2. The van der Waals surface area contributed by atoms with Gasteiger partial charge in [0.2, 0.25) is 0 Å². The molecule has 0 aliphatic heterocycles. The summed E-state index contributed by atoms with van der Waals surface area (Å²) in [5.74, 6) is 1.58. The highest BCUT2D eigenvalue weighted by Gasteiger charge is 2.64. The van der Waals surface area contributed by atoms with Crippen LogP contribution in [0.2, 0.25) is 0 Å². The summed E-state index contributed by atoms with van der Waals surface area (Å²) in [5, 5.41) is 3.83. The third-order valence-electron chi connectivity index (χ3n) is 5.61. The maximum atomic E-state index is 5.42. The molecule has 0 amide bonds. The van der Waals surface area contributed by atoms with Crippen LogP contribution in [0.15, 0.2) is 18.2 Å². The molecule has 1 aromatic carbocycles. The molecule has 3 heteroatoms. The van der Waals surface area contributed by atoms with E-state index in [1.54, 1.807) is 14.2 Å². The third-order valence-corrected chi connectivity index (χ3v) is 5.61. The Morgan fingerprint density at radius 1 is 1.05 bits per heavy atom. The van der Waals surface area contributed by atoms with Gasteiger partial charge in [-0.15, -0.1) is 0 Å². The van der Waals surface area contributed by atoms with Crippen LogP contribution in [0.25, 0.3) is 0 Å². The molecule has 3 nitrogen and oxygen atoms in total. The highest BCUT2D eigenvalue weighted by atomic mass is 16.5. The topological polar surface area (TPSA) is 30.5 Å². The van der Waals surface area contributed by atoms with Crippen molar-refractivity contribution in [3.8, 4) is 11.5 Å². The van der Waals surface area contributed by atoms with E-state index in [-0.39, 0.29) is 0 Å². The summed E-state index contributed by atoms with van der Waals surface area (Å²) in [5.41, 5.74) is 1.95. The molecule has 0 aromatic heterocycles. The number of methoxy groups -OCH3 is 2. The van der Waals surface area contributed by atoms with Gasteiger partial charge in [0.1, 0.15) is 0 Å². The molecule has 118 valence electrons. The fraction of sp³-hybridized carbons (Fsp3) is 0.667. The highest BCUT2D eigenvalue weighted by Crippen LogP contribution is 2.63. The molecule has 0 heterocycles. The summed E-state index contributed by atoms with van der Waals surface area (Å²) in [6.07, 6.45) is 1.05. The Labute approximate surface area is 129 Å². The van der Waals surface area contributed by atoms with Crippen LogP contribution in [0.5, 0.6) is 11.5 Å². The van der Waals surface area contributed by atoms with Gasteiger partial charge in [-0.25, -0.2) is 0 Å². The average Bonchev–Trinajstić information content (AvgIpc) is 2.85. The molecule has 21 heavy (non-hydrogen) atoms. The predicted octanol–water partition coefficient (Wildman–Crippen LogP) is 4.18. The Bertz CT molecular complexity index is 494. The minimum Gasteiger partial charge on any atom is -0.493 e. The molecule has 0 saturated heterocycles. The Morgan fingerprint density at radius 2 is 1.62 bits per heavy atom. The monoisotopic (exact) mass is 291 g/mol. The van der Waals surface area contributed by atoms with E-state index in [9.17, 15) is 0 Å². The molecule has 0 radical (unpaired) electrons. The zero-order valence-corrected chi connectivity index (χ0v) is 14.4. The molecule has 1 aliphatic rings. The van der Waals surface area contributed by atoms with Crippen LogP contribution in [0, 0.1) is 10.8 Å². The normalized spacial score (nSPS) is 20.9. The van der Waals surface area contributed by atoms with Crippen molar-refractivity contribution in [3.63, 3.8) is 0 Å². The van der Waals surface area contributed by atoms with Crippen molar-refractivity contribution in [2.75, 3.05) is 14.2 Å². The SMILES string of the molecule is CCC(NC1C(C)(C)C1(C)C)c1ccc(OC)c(OC)c1. The van der Waals surface area contributed by atoms with E-state index in [0.717, 1.165) is 17.9 Å². The average molecular weight is 291 g/mol. The summed E-state index contributed by atoms with van der Waals surface area (Å²) in [7, 11) is 3.35.